The molecule has 0 saturated carbocycles. The van der Waals surface area contributed by atoms with Crippen LogP contribution in [0.15, 0.2) is 255 Å². The van der Waals surface area contributed by atoms with E-state index in [0.717, 1.165) is 28.3 Å². The molecule has 0 amide bonds. The van der Waals surface area contributed by atoms with E-state index in [1.165, 1.54) is 82.3 Å². The van der Waals surface area contributed by atoms with E-state index in [1.54, 1.807) is 0 Å². The van der Waals surface area contributed by atoms with Crippen molar-refractivity contribution in [3.05, 3.63) is 255 Å². The fourth-order valence-electron chi connectivity index (χ4n) is 9.65. The maximum Gasteiger partial charge on any atom is 0.0561 e. The van der Waals surface area contributed by atoms with Crippen LogP contribution in [0.3, 0.4) is 0 Å². The summed E-state index contributed by atoms with van der Waals surface area (Å²) in [6.45, 7) is 0. The van der Waals surface area contributed by atoms with E-state index >= 15 is 0 Å². The topological polar surface area (TPSA) is 8.17 Å². The lowest BCUT2D eigenvalue weighted by Crippen LogP contribution is -2.11. The molecule has 2 heteroatoms. The highest BCUT2D eigenvalue weighted by Gasteiger charge is 2.21. The van der Waals surface area contributed by atoms with Crippen LogP contribution in [0.4, 0.5) is 17.1 Å². The molecule has 64 heavy (non-hydrogen) atoms. The molecule has 0 radical (unpaired) electrons. The third kappa shape index (κ3) is 6.61. The first-order chi connectivity index (χ1) is 31.7. The van der Waals surface area contributed by atoms with E-state index < -0.39 is 0 Å². The largest absolute Gasteiger partial charge is 0.310 e. The third-order valence-electron chi connectivity index (χ3n) is 12.7. The number of hydrogen-bond donors (Lipinski definition) is 0. The SMILES string of the molecule is c1ccc(-c2ccc(-c3ccc(N(c4ccc5c6ccccc6n(-c6cc(-c7ccccc7)cc(-c7ccccc7)c6)c5c4)c4cc5ccccc5c5ccccc45)cc3)cc2)cc1. The summed E-state index contributed by atoms with van der Waals surface area (Å²) in [5.74, 6) is 0. The second-order valence-corrected chi connectivity index (χ2v) is 16.5. The van der Waals surface area contributed by atoms with Crippen LogP contribution >= 0.6 is 0 Å². The Bertz CT molecular complexity index is 3570. The average molecular weight is 815 g/mol. The second kappa shape index (κ2) is 15.8. The number of para-hydroxylation sites is 1. The van der Waals surface area contributed by atoms with Gasteiger partial charge in [0.2, 0.25) is 0 Å². The van der Waals surface area contributed by atoms with Crippen LogP contribution in [0.25, 0.3) is 93.5 Å². The van der Waals surface area contributed by atoms with Crippen LogP contribution in [0.1, 0.15) is 0 Å². The molecule has 0 aliphatic carbocycles. The Morgan fingerprint density at radius 3 is 1.30 bits per heavy atom. The van der Waals surface area contributed by atoms with Gasteiger partial charge < -0.3 is 9.47 Å². The molecule has 0 bridgehead atoms. The summed E-state index contributed by atoms with van der Waals surface area (Å²) in [4.78, 5) is 2.45. The van der Waals surface area contributed by atoms with Crippen molar-refractivity contribution >= 4 is 60.4 Å². The highest BCUT2D eigenvalue weighted by atomic mass is 15.1. The van der Waals surface area contributed by atoms with Gasteiger partial charge in [-0.15, -0.1) is 0 Å². The van der Waals surface area contributed by atoms with Crippen molar-refractivity contribution in [2.75, 3.05) is 4.90 Å². The third-order valence-corrected chi connectivity index (χ3v) is 12.7. The van der Waals surface area contributed by atoms with Crippen molar-refractivity contribution in [2.24, 2.45) is 0 Å². The molecule has 12 aromatic rings. The van der Waals surface area contributed by atoms with Crippen LogP contribution < -0.4 is 4.90 Å². The standard InChI is InChI=1S/C62H42N2/c1-4-16-43(17-5-1)46-28-30-47(31-29-46)48-32-34-52(35-33-48)63(61-41-49-22-10-11-23-55(49)56-24-12-13-25-57(56)61)53-36-37-59-58-26-14-15-27-60(58)64(62(59)42-53)54-39-50(44-18-6-2-7-19-44)38-51(40-54)45-20-8-3-9-21-45/h1-42H. The predicted octanol–water partition coefficient (Wildman–Crippen LogP) is 17.2. The van der Waals surface area contributed by atoms with Gasteiger partial charge in [0.25, 0.3) is 0 Å². The summed E-state index contributed by atoms with van der Waals surface area (Å²) in [5.41, 5.74) is 16.3. The molecule has 0 aliphatic heterocycles. The lowest BCUT2D eigenvalue weighted by molar-refractivity contribution is 1.18. The summed E-state index contributed by atoms with van der Waals surface area (Å²) in [5, 5.41) is 7.32. The van der Waals surface area contributed by atoms with E-state index in [0.29, 0.717) is 0 Å². The van der Waals surface area contributed by atoms with Crippen molar-refractivity contribution in [3.63, 3.8) is 0 Å². The highest BCUT2D eigenvalue weighted by molar-refractivity contribution is 6.15. The molecule has 0 N–H and O–H groups in total. The number of anilines is 3. The van der Waals surface area contributed by atoms with Gasteiger partial charge in [0.05, 0.1) is 16.7 Å². The highest BCUT2D eigenvalue weighted by Crippen LogP contribution is 2.45. The van der Waals surface area contributed by atoms with Gasteiger partial charge >= 0.3 is 0 Å². The second-order valence-electron chi connectivity index (χ2n) is 16.5. The summed E-state index contributed by atoms with van der Waals surface area (Å²) < 4.78 is 2.46. The van der Waals surface area contributed by atoms with Crippen molar-refractivity contribution in [1.29, 1.82) is 0 Å². The first-order valence-corrected chi connectivity index (χ1v) is 22.0. The fraction of sp³-hybridized carbons (Fsp3) is 0. The molecule has 300 valence electrons. The summed E-state index contributed by atoms with van der Waals surface area (Å²) in [6, 6.07) is 92.8. The van der Waals surface area contributed by atoms with Gasteiger partial charge in [-0.25, -0.2) is 0 Å². The fourth-order valence-corrected chi connectivity index (χ4v) is 9.65. The Hall–Kier alpha value is -8.46. The van der Waals surface area contributed by atoms with Gasteiger partial charge in [-0.3, -0.25) is 0 Å². The van der Waals surface area contributed by atoms with Crippen molar-refractivity contribution in [1.82, 2.24) is 4.57 Å². The molecule has 1 aromatic heterocycles. The minimum Gasteiger partial charge on any atom is -0.310 e. The molecule has 0 aliphatic rings. The lowest BCUT2D eigenvalue weighted by Gasteiger charge is -2.28. The Morgan fingerprint density at radius 2 is 0.688 bits per heavy atom. The normalized spacial score (nSPS) is 11.4. The van der Waals surface area contributed by atoms with Gasteiger partial charge in [0.15, 0.2) is 0 Å². The molecule has 11 aromatic carbocycles. The van der Waals surface area contributed by atoms with Crippen molar-refractivity contribution < 1.29 is 0 Å². The molecule has 2 nitrogen and oxygen atoms in total. The van der Waals surface area contributed by atoms with Gasteiger partial charge in [0, 0.05) is 33.2 Å². The number of nitrogens with zero attached hydrogens (tertiary/aromatic N) is 2. The number of benzene rings is 11. The van der Waals surface area contributed by atoms with Crippen LogP contribution in [-0.2, 0) is 0 Å². The van der Waals surface area contributed by atoms with Crippen LogP contribution in [0.5, 0.6) is 0 Å². The monoisotopic (exact) mass is 814 g/mol. The zero-order valence-electron chi connectivity index (χ0n) is 35.1. The van der Waals surface area contributed by atoms with E-state index in [4.69, 9.17) is 0 Å². The van der Waals surface area contributed by atoms with Crippen LogP contribution in [0.2, 0.25) is 0 Å². The van der Waals surface area contributed by atoms with Crippen molar-refractivity contribution in [3.8, 4) is 50.2 Å². The number of fused-ring (bicyclic) bond motifs is 6. The zero-order valence-corrected chi connectivity index (χ0v) is 35.1. The van der Waals surface area contributed by atoms with Crippen molar-refractivity contribution in [2.45, 2.75) is 0 Å². The lowest BCUT2D eigenvalue weighted by atomic mass is 9.98. The molecule has 0 fully saturated rings. The molecule has 1 heterocycles. The Morgan fingerprint density at radius 1 is 0.250 bits per heavy atom. The minimum absolute atomic E-state index is 1.08. The van der Waals surface area contributed by atoms with Crippen LogP contribution in [-0.4, -0.2) is 4.57 Å². The van der Waals surface area contributed by atoms with Crippen LogP contribution in [0, 0.1) is 0 Å². The maximum absolute atomic E-state index is 2.46. The Labute approximate surface area is 373 Å². The van der Waals surface area contributed by atoms with Gasteiger partial charge in [-0.05, 0) is 115 Å². The van der Waals surface area contributed by atoms with Gasteiger partial charge in [-0.1, -0.05) is 200 Å². The summed E-state index contributed by atoms with van der Waals surface area (Å²) >= 11 is 0. The van der Waals surface area contributed by atoms with E-state index in [2.05, 4.69) is 264 Å². The quantitative estimate of drug-likeness (QED) is 0.139. The van der Waals surface area contributed by atoms with Gasteiger partial charge in [0.1, 0.15) is 0 Å². The Balaban J connectivity index is 1.07. The molecule has 0 spiro atoms. The Kier molecular flexibility index (Phi) is 9.20. The maximum atomic E-state index is 2.46. The summed E-state index contributed by atoms with van der Waals surface area (Å²) in [7, 11) is 0. The van der Waals surface area contributed by atoms with Gasteiger partial charge in [-0.2, -0.15) is 0 Å². The van der Waals surface area contributed by atoms with E-state index in [9.17, 15) is 0 Å². The predicted molar refractivity (Wildman–Crippen MR) is 272 cm³/mol. The minimum atomic E-state index is 1.08. The molecule has 0 saturated heterocycles. The first kappa shape index (κ1) is 37.3. The van der Waals surface area contributed by atoms with E-state index in [-0.39, 0.29) is 0 Å². The van der Waals surface area contributed by atoms with E-state index in [1.807, 2.05) is 0 Å². The summed E-state index contributed by atoms with van der Waals surface area (Å²) in [6.07, 6.45) is 0. The first-order valence-electron chi connectivity index (χ1n) is 22.0. The number of aromatic nitrogens is 1. The molecular formula is C62H42N2. The number of hydrogen-bond acceptors (Lipinski definition) is 1. The zero-order chi connectivity index (χ0) is 42.4. The molecule has 0 unspecified atom stereocenters. The molecular weight excluding hydrogens is 773 g/mol. The number of rotatable bonds is 8. The molecule has 12 rings (SSSR count). The smallest absolute Gasteiger partial charge is 0.0561 e. The molecule has 0 atom stereocenters. The average Bonchev–Trinajstić information content (AvgIpc) is 3.71.